The van der Waals surface area contributed by atoms with E-state index in [4.69, 9.17) is 21.6 Å². The Bertz CT molecular complexity index is 452. The van der Waals surface area contributed by atoms with Crippen molar-refractivity contribution in [2.24, 2.45) is 0 Å². The van der Waals surface area contributed by atoms with Crippen LogP contribution in [0.25, 0.3) is 0 Å². The van der Waals surface area contributed by atoms with Crippen molar-refractivity contribution in [3.05, 3.63) is 22.8 Å². The maximum Gasteiger partial charge on any atom is 0.148 e. The number of hydrogen-bond acceptors (Lipinski definition) is 4. The summed E-state index contributed by atoms with van der Waals surface area (Å²) < 4.78 is 5.69. The van der Waals surface area contributed by atoms with Gasteiger partial charge in [0, 0.05) is 26.4 Å². The van der Waals surface area contributed by atoms with Crippen molar-refractivity contribution in [2.45, 2.75) is 25.4 Å². The van der Waals surface area contributed by atoms with E-state index >= 15 is 0 Å². The molecule has 0 aliphatic carbocycles. The molecular weight excluding hydrogens is 250 g/mol. The zero-order valence-electron chi connectivity index (χ0n) is 10.4. The van der Waals surface area contributed by atoms with Crippen molar-refractivity contribution >= 4 is 17.4 Å². The molecule has 0 radical (unpaired) electrons. The van der Waals surface area contributed by atoms with Gasteiger partial charge < -0.3 is 9.64 Å². The molecule has 1 aliphatic heterocycles. The molecule has 1 atom stereocenters. The van der Waals surface area contributed by atoms with E-state index in [-0.39, 0.29) is 6.10 Å². The topological polar surface area (TPSA) is 49.1 Å². The number of nitrogens with zero attached hydrogens (tertiary/aromatic N) is 3. The molecule has 4 nitrogen and oxygen atoms in total. The van der Waals surface area contributed by atoms with E-state index in [1.54, 1.807) is 12.3 Å². The summed E-state index contributed by atoms with van der Waals surface area (Å²) in [6.45, 7) is 1.58. The Balaban J connectivity index is 2.08. The molecule has 1 aromatic rings. The molecule has 2 rings (SSSR count). The number of likely N-dealkylation sites (N-methyl/N-ethyl adjacent to an activating group) is 1. The number of ether oxygens (including phenoxy) is 1. The predicted octanol–water partition coefficient (Wildman–Crippen LogP) is 2.61. The summed E-state index contributed by atoms with van der Waals surface area (Å²) in [5.41, 5.74) is 0.457. The van der Waals surface area contributed by atoms with Crippen LogP contribution in [0.2, 0.25) is 5.02 Å². The fourth-order valence-electron chi connectivity index (χ4n) is 2.13. The fourth-order valence-corrected chi connectivity index (χ4v) is 2.43. The Morgan fingerprint density at radius 2 is 2.44 bits per heavy atom. The summed E-state index contributed by atoms with van der Waals surface area (Å²) in [6, 6.07) is 3.69. The summed E-state index contributed by atoms with van der Waals surface area (Å²) in [5.74, 6) is 0.643. The molecule has 0 N–H and O–H groups in total. The highest BCUT2D eigenvalue weighted by Gasteiger charge is 2.18. The van der Waals surface area contributed by atoms with Crippen LogP contribution in [0.1, 0.15) is 24.8 Å². The van der Waals surface area contributed by atoms with Gasteiger partial charge in [0.2, 0.25) is 0 Å². The maximum atomic E-state index is 8.94. The molecule has 1 aliphatic rings. The third kappa shape index (κ3) is 2.92. The average molecular weight is 266 g/mol. The first-order valence-corrected chi connectivity index (χ1v) is 6.47. The normalized spacial score (nSPS) is 19.3. The number of hydrogen-bond donors (Lipinski definition) is 0. The first kappa shape index (κ1) is 13.1. The Morgan fingerprint density at radius 1 is 1.61 bits per heavy atom. The first-order chi connectivity index (χ1) is 8.72. The largest absolute Gasteiger partial charge is 0.376 e. The van der Waals surface area contributed by atoms with Gasteiger partial charge in [0.1, 0.15) is 16.9 Å². The summed E-state index contributed by atoms with van der Waals surface area (Å²) in [7, 11) is 1.92. The molecule has 0 amide bonds. The molecule has 1 aromatic heterocycles. The Kier molecular flexibility index (Phi) is 4.40. The van der Waals surface area contributed by atoms with E-state index in [1.165, 1.54) is 6.42 Å². The van der Waals surface area contributed by atoms with Gasteiger partial charge in [-0.05, 0) is 25.3 Å². The summed E-state index contributed by atoms with van der Waals surface area (Å²) in [6.07, 6.45) is 5.26. The lowest BCUT2D eigenvalue weighted by Crippen LogP contribution is -2.33. The van der Waals surface area contributed by atoms with Crippen LogP contribution in [0.5, 0.6) is 0 Å². The van der Waals surface area contributed by atoms with Crippen LogP contribution >= 0.6 is 11.6 Å². The van der Waals surface area contributed by atoms with Crippen molar-refractivity contribution in [2.75, 3.05) is 25.1 Å². The van der Waals surface area contributed by atoms with Crippen LogP contribution < -0.4 is 4.90 Å². The van der Waals surface area contributed by atoms with Gasteiger partial charge in [-0.25, -0.2) is 4.98 Å². The molecule has 5 heteroatoms. The van der Waals surface area contributed by atoms with E-state index in [0.717, 1.165) is 26.0 Å². The molecule has 2 heterocycles. The van der Waals surface area contributed by atoms with Crippen LogP contribution in [0.3, 0.4) is 0 Å². The summed E-state index contributed by atoms with van der Waals surface area (Å²) in [4.78, 5) is 6.20. The number of halogens is 1. The second kappa shape index (κ2) is 6.03. The lowest BCUT2D eigenvalue weighted by Gasteiger charge is -2.28. The number of pyridine rings is 1. The van der Waals surface area contributed by atoms with Crippen LogP contribution in [0, 0.1) is 11.3 Å². The zero-order valence-corrected chi connectivity index (χ0v) is 11.2. The summed E-state index contributed by atoms with van der Waals surface area (Å²) >= 11 is 6.15. The number of rotatable bonds is 3. The molecule has 96 valence electrons. The highest BCUT2D eigenvalue weighted by Crippen LogP contribution is 2.26. The smallest absolute Gasteiger partial charge is 0.148 e. The van der Waals surface area contributed by atoms with Gasteiger partial charge in [0.15, 0.2) is 0 Å². The minimum Gasteiger partial charge on any atom is -0.376 e. The number of anilines is 1. The van der Waals surface area contributed by atoms with Gasteiger partial charge in [-0.15, -0.1) is 0 Å². The van der Waals surface area contributed by atoms with Gasteiger partial charge in [-0.3, -0.25) is 0 Å². The van der Waals surface area contributed by atoms with E-state index < -0.39 is 0 Å². The third-order valence-corrected chi connectivity index (χ3v) is 3.48. The Morgan fingerprint density at radius 3 is 3.11 bits per heavy atom. The molecule has 0 spiro atoms. The first-order valence-electron chi connectivity index (χ1n) is 6.09. The van der Waals surface area contributed by atoms with E-state index in [1.807, 2.05) is 11.9 Å². The maximum absolute atomic E-state index is 8.94. The molecule has 1 saturated heterocycles. The predicted molar refractivity (Wildman–Crippen MR) is 70.8 cm³/mol. The molecule has 18 heavy (non-hydrogen) atoms. The molecule has 0 bridgehead atoms. The quantitative estimate of drug-likeness (QED) is 0.843. The highest BCUT2D eigenvalue weighted by molar-refractivity contribution is 6.34. The summed E-state index contributed by atoms with van der Waals surface area (Å²) in [5, 5.41) is 9.36. The van der Waals surface area contributed by atoms with E-state index in [2.05, 4.69) is 11.1 Å². The molecule has 0 aromatic carbocycles. The van der Waals surface area contributed by atoms with Crippen LogP contribution in [-0.2, 0) is 4.74 Å². The van der Waals surface area contributed by atoms with Crippen LogP contribution in [0.4, 0.5) is 5.82 Å². The average Bonchev–Trinajstić information content (AvgIpc) is 2.40. The second-order valence-corrected chi connectivity index (χ2v) is 4.85. The van der Waals surface area contributed by atoms with Crippen molar-refractivity contribution in [1.29, 1.82) is 5.26 Å². The molecule has 1 unspecified atom stereocenters. The SMILES string of the molecule is CN(CC1CCCCO1)c1nccc(C#N)c1Cl. The van der Waals surface area contributed by atoms with Crippen molar-refractivity contribution in [3.63, 3.8) is 0 Å². The Hall–Kier alpha value is -1.31. The minimum absolute atomic E-state index is 0.229. The highest BCUT2D eigenvalue weighted by atomic mass is 35.5. The fraction of sp³-hybridized carbons (Fsp3) is 0.538. The van der Waals surface area contributed by atoms with Gasteiger partial charge in [-0.2, -0.15) is 5.26 Å². The monoisotopic (exact) mass is 265 g/mol. The van der Waals surface area contributed by atoms with E-state index in [0.29, 0.717) is 16.4 Å². The molecule has 0 saturated carbocycles. The van der Waals surface area contributed by atoms with Gasteiger partial charge in [-0.1, -0.05) is 11.6 Å². The lowest BCUT2D eigenvalue weighted by molar-refractivity contribution is 0.0215. The zero-order chi connectivity index (χ0) is 13.0. The molecular formula is C13H16ClN3O. The Labute approximate surface area is 112 Å². The van der Waals surface area contributed by atoms with Crippen molar-refractivity contribution in [3.8, 4) is 6.07 Å². The minimum atomic E-state index is 0.229. The standard InChI is InChI=1S/C13H16ClN3O/c1-17(9-11-4-2-3-7-18-11)13-12(14)10(8-15)5-6-16-13/h5-6,11H,2-4,7,9H2,1H3. The second-order valence-electron chi connectivity index (χ2n) is 4.48. The van der Waals surface area contributed by atoms with Gasteiger partial charge in [0.05, 0.1) is 11.7 Å². The lowest BCUT2D eigenvalue weighted by atomic mass is 10.1. The van der Waals surface area contributed by atoms with E-state index in [9.17, 15) is 0 Å². The van der Waals surface area contributed by atoms with Gasteiger partial charge in [0.25, 0.3) is 0 Å². The van der Waals surface area contributed by atoms with Crippen molar-refractivity contribution < 1.29 is 4.74 Å². The molecule has 1 fully saturated rings. The number of nitriles is 1. The van der Waals surface area contributed by atoms with Crippen LogP contribution in [-0.4, -0.2) is 31.3 Å². The number of aromatic nitrogens is 1. The van der Waals surface area contributed by atoms with Crippen LogP contribution in [0.15, 0.2) is 12.3 Å². The third-order valence-electron chi connectivity index (χ3n) is 3.10. The van der Waals surface area contributed by atoms with Crippen molar-refractivity contribution in [1.82, 2.24) is 4.98 Å². The van der Waals surface area contributed by atoms with Gasteiger partial charge >= 0.3 is 0 Å².